The van der Waals surface area contributed by atoms with Gasteiger partial charge in [0.1, 0.15) is 11.5 Å². The highest BCUT2D eigenvalue weighted by molar-refractivity contribution is 14.0. The molecule has 2 aliphatic rings. The van der Waals surface area contributed by atoms with E-state index in [0.29, 0.717) is 6.10 Å². The number of nitrogens with zero attached hydrogens (tertiary/aromatic N) is 3. The molecule has 8 heteroatoms. The molecule has 1 aromatic rings. The molecule has 158 valence electrons. The monoisotopic (exact) mass is 504 g/mol. The molecule has 3 rings (SSSR count). The summed E-state index contributed by atoms with van der Waals surface area (Å²) in [6, 6.07) is 5.97. The second-order valence-electron chi connectivity index (χ2n) is 7.00. The smallest absolute Gasteiger partial charge is 0.193 e. The predicted molar refractivity (Wildman–Crippen MR) is 122 cm³/mol. The third-order valence-electron chi connectivity index (χ3n) is 5.28. The lowest BCUT2D eigenvalue weighted by molar-refractivity contribution is 0.112. The SMILES string of the molecule is CN=C(NCC1CCCO1)N1CCN(Cc2cc(OC)ccc2OC)CC1.I. The van der Waals surface area contributed by atoms with Gasteiger partial charge >= 0.3 is 0 Å². The number of benzene rings is 1. The Morgan fingerprint density at radius 3 is 2.61 bits per heavy atom. The highest BCUT2D eigenvalue weighted by Gasteiger charge is 2.22. The summed E-state index contributed by atoms with van der Waals surface area (Å²) >= 11 is 0. The number of piperazine rings is 1. The molecule has 1 atom stereocenters. The number of guanidine groups is 1. The van der Waals surface area contributed by atoms with Crippen molar-refractivity contribution in [2.45, 2.75) is 25.5 Å². The maximum atomic E-state index is 5.69. The Balaban J connectivity index is 0.00000280. The van der Waals surface area contributed by atoms with Crippen LogP contribution < -0.4 is 14.8 Å². The summed E-state index contributed by atoms with van der Waals surface area (Å²) in [5, 5.41) is 3.47. The zero-order valence-electron chi connectivity index (χ0n) is 17.1. The summed E-state index contributed by atoms with van der Waals surface area (Å²) in [5.74, 6) is 2.75. The van der Waals surface area contributed by atoms with Gasteiger partial charge in [-0.1, -0.05) is 0 Å². The van der Waals surface area contributed by atoms with Crippen LogP contribution in [0.15, 0.2) is 23.2 Å². The molecule has 0 bridgehead atoms. The topological polar surface area (TPSA) is 58.6 Å². The van der Waals surface area contributed by atoms with E-state index in [1.807, 2.05) is 19.2 Å². The van der Waals surface area contributed by atoms with Crippen molar-refractivity contribution >= 4 is 29.9 Å². The maximum Gasteiger partial charge on any atom is 0.193 e. The number of rotatable bonds is 6. The molecule has 2 fully saturated rings. The largest absolute Gasteiger partial charge is 0.497 e. The first kappa shape index (κ1) is 23.0. The third-order valence-corrected chi connectivity index (χ3v) is 5.28. The van der Waals surface area contributed by atoms with Crippen molar-refractivity contribution in [3.8, 4) is 11.5 Å². The minimum absolute atomic E-state index is 0. The zero-order valence-corrected chi connectivity index (χ0v) is 19.5. The molecule has 0 aliphatic carbocycles. The van der Waals surface area contributed by atoms with Crippen LogP contribution in [0.25, 0.3) is 0 Å². The fraction of sp³-hybridized carbons (Fsp3) is 0.650. The zero-order chi connectivity index (χ0) is 19.1. The highest BCUT2D eigenvalue weighted by Crippen LogP contribution is 2.25. The summed E-state index contributed by atoms with van der Waals surface area (Å²) in [6.07, 6.45) is 2.63. The molecule has 1 aromatic carbocycles. The van der Waals surface area contributed by atoms with Gasteiger partial charge in [0.25, 0.3) is 0 Å². The molecule has 2 heterocycles. The predicted octanol–water partition coefficient (Wildman–Crippen LogP) is 2.19. The Labute approximate surface area is 185 Å². The van der Waals surface area contributed by atoms with Crippen LogP contribution in [0.5, 0.6) is 11.5 Å². The molecule has 2 saturated heterocycles. The van der Waals surface area contributed by atoms with Crippen LogP contribution in [0.4, 0.5) is 0 Å². The lowest BCUT2D eigenvalue weighted by Crippen LogP contribution is -2.53. The number of hydrogen-bond donors (Lipinski definition) is 1. The van der Waals surface area contributed by atoms with Gasteiger partial charge in [-0.25, -0.2) is 0 Å². The van der Waals surface area contributed by atoms with Crippen molar-refractivity contribution in [1.82, 2.24) is 15.1 Å². The Morgan fingerprint density at radius 2 is 2.00 bits per heavy atom. The van der Waals surface area contributed by atoms with Crippen molar-refractivity contribution in [3.63, 3.8) is 0 Å². The summed E-state index contributed by atoms with van der Waals surface area (Å²) in [4.78, 5) is 9.23. The molecule has 2 aliphatic heterocycles. The van der Waals surface area contributed by atoms with Crippen molar-refractivity contribution in [3.05, 3.63) is 23.8 Å². The second-order valence-corrected chi connectivity index (χ2v) is 7.00. The van der Waals surface area contributed by atoms with E-state index in [4.69, 9.17) is 14.2 Å². The van der Waals surface area contributed by atoms with Crippen LogP contribution in [-0.2, 0) is 11.3 Å². The van der Waals surface area contributed by atoms with Gasteiger partial charge in [-0.3, -0.25) is 9.89 Å². The second kappa shape index (κ2) is 11.7. The number of halogens is 1. The molecular weight excluding hydrogens is 471 g/mol. The van der Waals surface area contributed by atoms with Crippen molar-refractivity contribution < 1.29 is 14.2 Å². The first-order valence-electron chi connectivity index (χ1n) is 9.74. The van der Waals surface area contributed by atoms with Crippen molar-refractivity contribution in [2.24, 2.45) is 4.99 Å². The highest BCUT2D eigenvalue weighted by atomic mass is 127. The summed E-state index contributed by atoms with van der Waals surface area (Å²) in [5.41, 5.74) is 1.16. The molecular formula is C20H33IN4O3. The fourth-order valence-electron chi connectivity index (χ4n) is 3.71. The molecule has 28 heavy (non-hydrogen) atoms. The van der Waals surface area contributed by atoms with Crippen molar-refractivity contribution in [2.75, 3.05) is 60.6 Å². The molecule has 0 spiro atoms. The lowest BCUT2D eigenvalue weighted by atomic mass is 10.1. The molecule has 1 unspecified atom stereocenters. The van der Waals surface area contributed by atoms with Gasteiger partial charge in [0.05, 0.1) is 20.3 Å². The quantitative estimate of drug-likeness (QED) is 0.364. The molecule has 1 N–H and O–H groups in total. The van der Waals surface area contributed by atoms with Crippen LogP contribution in [-0.4, -0.2) is 82.5 Å². The number of methoxy groups -OCH3 is 2. The summed E-state index contributed by atoms with van der Waals surface area (Å²) in [6.45, 7) is 6.47. The maximum absolute atomic E-state index is 5.69. The lowest BCUT2D eigenvalue weighted by Gasteiger charge is -2.36. The van der Waals surface area contributed by atoms with E-state index in [1.54, 1.807) is 14.2 Å². The van der Waals surface area contributed by atoms with E-state index in [1.165, 1.54) is 0 Å². The van der Waals surface area contributed by atoms with E-state index in [-0.39, 0.29) is 24.0 Å². The summed E-state index contributed by atoms with van der Waals surface area (Å²) < 4.78 is 16.6. The minimum Gasteiger partial charge on any atom is -0.497 e. The van der Waals surface area contributed by atoms with Crippen LogP contribution in [0.1, 0.15) is 18.4 Å². The van der Waals surface area contributed by atoms with Crippen LogP contribution in [0.3, 0.4) is 0 Å². The average Bonchev–Trinajstić information content (AvgIpc) is 3.23. The Hall–Kier alpha value is -1.26. The Bertz CT molecular complexity index is 630. The first-order valence-corrected chi connectivity index (χ1v) is 9.74. The van der Waals surface area contributed by atoms with E-state index in [0.717, 1.165) is 81.7 Å². The van der Waals surface area contributed by atoms with E-state index in [2.05, 4.69) is 26.2 Å². The van der Waals surface area contributed by atoms with Gasteiger partial charge in [-0.2, -0.15) is 0 Å². The van der Waals surface area contributed by atoms with Gasteiger partial charge in [-0.15, -0.1) is 24.0 Å². The fourth-order valence-corrected chi connectivity index (χ4v) is 3.71. The van der Waals surface area contributed by atoms with Gasteiger partial charge in [0.15, 0.2) is 5.96 Å². The Kier molecular flexibility index (Phi) is 9.60. The Morgan fingerprint density at radius 1 is 1.21 bits per heavy atom. The minimum atomic E-state index is 0. The van der Waals surface area contributed by atoms with Crippen LogP contribution >= 0.6 is 24.0 Å². The molecule has 0 aromatic heterocycles. The third kappa shape index (κ3) is 6.12. The van der Waals surface area contributed by atoms with Crippen LogP contribution in [0, 0.1) is 0 Å². The summed E-state index contributed by atoms with van der Waals surface area (Å²) in [7, 11) is 5.26. The number of nitrogens with one attached hydrogen (secondary N) is 1. The normalized spacial score (nSPS) is 20.6. The molecule has 7 nitrogen and oxygen atoms in total. The van der Waals surface area contributed by atoms with Gasteiger partial charge in [0, 0.05) is 58.5 Å². The van der Waals surface area contributed by atoms with Gasteiger partial charge < -0.3 is 24.4 Å². The number of aliphatic imine (C=N–C) groups is 1. The number of hydrogen-bond acceptors (Lipinski definition) is 5. The van der Waals surface area contributed by atoms with Crippen molar-refractivity contribution in [1.29, 1.82) is 0 Å². The average molecular weight is 504 g/mol. The van der Waals surface area contributed by atoms with E-state index < -0.39 is 0 Å². The van der Waals surface area contributed by atoms with Gasteiger partial charge in [0.2, 0.25) is 0 Å². The van der Waals surface area contributed by atoms with E-state index >= 15 is 0 Å². The molecule has 0 amide bonds. The molecule has 0 radical (unpaired) electrons. The number of ether oxygens (including phenoxy) is 3. The first-order chi connectivity index (χ1) is 13.2. The molecule has 0 saturated carbocycles. The standard InChI is InChI=1S/C20H32N4O3.HI/c1-21-20(22-14-18-5-4-12-27-18)24-10-8-23(9-11-24)15-16-13-17(25-2)6-7-19(16)26-3;/h6-7,13,18H,4-5,8-12,14-15H2,1-3H3,(H,21,22);1H. The van der Waals surface area contributed by atoms with Crippen LogP contribution in [0.2, 0.25) is 0 Å². The van der Waals surface area contributed by atoms with E-state index in [9.17, 15) is 0 Å². The van der Waals surface area contributed by atoms with Gasteiger partial charge in [-0.05, 0) is 31.0 Å².